The quantitative estimate of drug-likeness (QED) is 0.490. The first-order valence-corrected chi connectivity index (χ1v) is 10.8. The van der Waals surface area contributed by atoms with Crippen LogP contribution >= 0.6 is 11.8 Å². The molecule has 1 aliphatic heterocycles. The molecule has 3 aromatic rings. The van der Waals surface area contributed by atoms with E-state index in [1.807, 2.05) is 0 Å². The fourth-order valence-corrected chi connectivity index (χ4v) is 4.07. The Labute approximate surface area is 188 Å². The van der Waals surface area contributed by atoms with Crippen LogP contribution in [0.3, 0.4) is 0 Å². The van der Waals surface area contributed by atoms with E-state index in [0.29, 0.717) is 24.6 Å². The number of carbonyl (C=O) groups excluding carboxylic acids is 1. The number of hydrogen-bond donors (Lipinski definition) is 0. The van der Waals surface area contributed by atoms with Gasteiger partial charge in [0, 0.05) is 36.9 Å². The first-order chi connectivity index (χ1) is 15.8. The summed E-state index contributed by atoms with van der Waals surface area (Å²) < 4.78 is 73.3. The highest BCUT2D eigenvalue weighted by atomic mass is 32.2. The summed E-state index contributed by atoms with van der Waals surface area (Å²) in [6.45, 7) is 0.298. The van der Waals surface area contributed by atoms with Crippen molar-refractivity contribution in [2.24, 2.45) is 0 Å². The molecule has 13 heteroatoms. The van der Waals surface area contributed by atoms with Gasteiger partial charge in [-0.15, -0.1) is 10.2 Å². The molecule has 0 saturated carbocycles. The van der Waals surface area contributed by atoms with Gasteiger partial charge in [0.1, 0.15) is 17.5 Å². The standard InChI is InChI=1S/C20H16F5N5O2S/c21-12-1-2-13(22)16(8-12)30(20(31)29-3-5-33-6-4-29)10-15-14(23)7-11(9-26-15)18-27-28-19(32-18)17(24)25/h1-2,7-9,17H,3-6,10H2. The van der Waals surface area contributed by atoms with E-state index < -0.39 is 42.3 Å². The van der Waals surface area contributed by atoms with E-state index in [1.165, 1.54) is 4.90 Å². The summed E-state index contributed by atoms with van der Waals surface area (Å²) in [6, 6.07) is 2.93. The predicted molar refractivity (Wildman–Crippen MR) is 109 cm³/mol. The Hall–Kier alpha value is -3.22. The maximum atomic E-state index is 14.8. The second-order valence-corrected chi connectivity index (χ2v) is 8.19. The number of urea groups is 1. The van der Waals surface area contributed by atoms with Crippen LogP contribution < -0.4 is 4.90 Å². The number of rotatable bonds is 5. The number of pyridine rings is 1. The third-order valence-corrected chi connectivity index (χ3v) is 5.75. The molecular weight excluding hydrogens is 469 g/mol. The molecule has 2 aromatic heterocycles. The molecule has 0 spiro atoms. The number of amides is 2. The van der Waals surface area contributed by atoms with Crippen LogP contribution in [0.15, 0.2) is 34.9 Å². The van der Waals surface area contributed by atoms with Gasteiger partial charge in [0.05, 0.1) is 23.5 Å². The van der Waals surface area contributed by atoms with Crippen LogP contribution in [-0.2, 0) is 6.54 Å². The molecule has 4 rings (SSSR count). The van der Waals surface area contributed by atoms with Crippen molar-refractivity contribution < 1.29 is 31.2 Å². The Balaban J connectivity index is 1.65. The van der Waals surface area contributed by atoms with Gasteiger partial charge in [-0.05, 0) is 18.2 Å². The van der Waals surface area contributed by atoms with Gasteiger partial charge in [0.15, 0.2) is 0 Å². The largest absolute Gasteiger partial charge is 0.415 e. The Morgan fingerprint density at radius 2 is 1.88 bits per heavy atom. The second-order valence-electron chi connectivity index (χ2n) is 6.96. The highest BCUT2D eigenvalue weighted by Crippen LogP contribution is 2.27. The summed E-state index contributed by atoms with van der Waals surface area (Å²) in [4.78, 5) is 19.4. The van der Waals surface area contributed by atoms with E-state index in [-0.39, 0.29) is 22.8 Å². The smallest absolute Gasteiger partial charge is 0.325 e. The number of alkyl halides is 2. The predicted octanol–water partition coefficient (Wildman–Crippen LogP) is 4.66. The first kappa shape index (κ1) is 23.0. The van der Waals surface area contributed by atoms with Crippen LogP contribution in [0.5, 0.6) is 0 Å². The topological polar surface area (TPSA) is 75.4 Å². The van der Waals surface area contributed by atoms with Gasteiger partial charge in [-0.1, -0.05) is 0 Å². The molecule has 0 unspecified atom stereocenters. The minimum atomic E-state index is -2.99. The molecule has 33 heavy (non-hydrogen) atoms. The van der Waals surface area contributed by atoms with Crippen LogP contribution in [0, 0.1) is 17.5 Å². The number of benzene rings is 1. The summed E-state index contributed by atoms with van der Waals surface area (Å²) in [5, 5.41) is 6.60. The molecule has 3 heterocycles. The molecule has 0 atom stereocenters. The summed E-state index contributed by atoms with van der Waals surface area (Å²) in [7, 11) is 0. The van der Waals surface area contributed by atoms with E-state index in [2.05, 4.69) is 15.2 Å². The zero-order valence-electron chi connectivity index (χ0n) is 16.9. The average Bonchev–Trinajstić information content (AvgIpc) is 3.31. The lowest BCUT2D eigenvalue weighted by atomic mass is 10.2. The van der Waals surface area contributed by atoms with E-state index >= 15 is 0 Å². The fourth-order valence-electron chi connectivity index (χ4n) is 3.16. The number of hydrogen-bond acceptors (Lipinski definition) is 6. The van der Waals surface area contributed by atoms with Crippen LogP contribution in [0.25, 0.3) is 11.5 Å². The van der Waals surface area contributed by atoms with Gasteiger partial charge in [0.2, 0.25) is 5.89 Å². The minimum Gasteiger partial charge on any atom is -0.415 e. The maximum absolute atomic E-state index is 14.8. The molecule has 0 aliphatic carbocycles. The highest BCUT2D eigenvalue weighted by Gasteiger charge is 2.28. The molecule has 2 amide bonds. The number of thioether (sulfide) groups is 1. The second kappa shape index (κ2) is 9.73. The number of anilines is 1. The lowest BCUT2D eigenvalue weighted by molar-refractivity contribution is 0.116. The number of halogens is 5. The summed E-state index contributed by atoms with van der Waals surface area (Å²) in [5.74, 6) is -2.49. The third kappa shape index (κ3) is 5.07. The van der Waals surface area contributed by atoms with Crippen LogP contribution in [-0.4, -0.2) is 50.7 Å². The van der Waals surface area contributed by atoms with Crippen molar-refractivity contribution in [3.8, 4) is 11.5 Å². The van der Waals surface area contributed by atoms with Crippen molar-refractivity contribution in [3.63, 3.8) is 0 Å². The van der Waals surface area contributed by atoms with E-state index in [9.17, 15) is 26.7 Å². The van der Waals surface area contributed by atoms with Crippen molar-refractivity contribution in [1.29, 1.82) is 0 Å². The molecule has 1 fully saturated rings. The maximum Gasteiger partial charge on any atom is 0.325 e. The average molecular weight is 485 g/mol. The van der Waals surface area contributed by atoms with Crippen LogP contribution in [0.4, 0.5) is 32.4 Å². The van der Waals surface area contributed by atoms with Gasteiger partial charge in [-0.2, -0.15) is 20.5 Å². The Morgan fingerprint density at radius 3 is 2.55 bits per heavy atom. The molecule has 0 radical (unpaired) electrons. The van der Waals surface area contributed by atoms with Crippen molar-refractivity contribution in [2.75, 3.05) is 29.5 Å². The number of nitrogens with zero attached hydrogens (tertiary/aromatic N) is 5. The van der Waals surface area contributed by atoms with Crippen LogP contribution in [0.1, 0.15) is 18.0 Å². The van der Waals surface area contributed by atoms with Crippen LogP contribution in [0.2, 0.25) is 0 Å². The monoisotopic (exact) mass is 485 g/mol. The lowest BCUT2D eigenvalue weighted by Gasteiger charge is -2.33. The van der Waals surface area contributed by atoms with E-state index in [4.69, 9.17) is 4.42 Å². The lowest BCUT2D eigenvalue weighted by Crippen LogP contribution is -2.47. The Kier molecular flexibility index (Phi) is 6.77. The number of aromatic nitrogens is 3. The summed E-state index contributed by atoms with van der Waals surface area (Å²) in [6.07, 6.45) is -1.89. The SMILES string of the molecule is O=C(N1CCSCC1)N(Cc1ncc(-c2nnc(C(F)F)o2)cc1F)c1cc(F)ccc1F. The molecule has 174 valence electrons. The Morgan fingerprint density at radius 1 is 1.12 bits per heavy atom. The fraction of sp³-hybridized carbons (Fsp3) is 0.300. The Bertz CT molecular complexity index is 1160. The molecule has 0 bridgehead atoms. The summed E-state index contributed by atoms with van der Waals surface area (Å²) >= 11 is 1.65. The molecule has 7 nitrogen and oxygen atoms in total. The van der Waals surface area contributed by atoms with Crippen molar-refractivity contribution in [3.05, 3.63) is 59.5 Å². The van der Waals surface area contributed by atoms with Crippen molar-refractivity contribution >= 4 is 23.5 Å². The molecule has 0 N–H and O–H groups in total. The first-order valence-electron chi connectivity index (χ1n) is 9.69. The van der Waals surface area contributed by atoms with E-state index in [1.54, 1.807) is 11.8 Å². The molecular formula is C20H16F5N5O2S. The minimum absolute atomic E-state index is 0.0569. The number of carbonyl (C=O) groups is 1. The van der Waals surface area contributed by atoms with Crippen molar-refractivity contribution in [1.82, 2.24) is 20.1 Å². The zero-order valence-corrected chi connectivity index (χ0v) is 17.7. The third-order valence-electron chi connectivity index (χ3n) is 4.81. The summed E-state index contributed by atoms with van der Waals surface area (Å²) in [5.41, 5.74) is -0.670. The molecule has 1 saturated heterocycles. The van der Waals surface area contributed by atoms with Gasteiger partial charge >= 0.3 is 12.5 Å². The van der Waals surface area contributed by atoms with E-state index in [0.717, 1.165) is 35.4 Å². The van der Waals surface area contributed by atoms with Gasteiger partial charge in [-0.3, -0.25) is 9.88 Å². The van der Waals surface area contributed by atoms with Crippen molar-refractivity contribution in [2.45, 2.75) is 13.0 Å². The normalized spacial score (nSPS) is 14.1. The van der Waals surface area contributed by atoms with Gasteiger partial charge in [0.25, 0.3) is 5.89 Å². The van der Waals surface area contributed by atoms with Gasteiger partial charge in [-0.25, -0.2) is 18.0 Å². The zero-order chi connectivity index (χ0) is 23.5. The highest BCUT2D eigenvalue weighted by molar-refractivity contribution is 7.99. The van der Waals surface area contributed by atoms with Gasteiger partial charge < -0.3 is 9.32 Å². The molecule has 1 aromatic carbocycles. The molecule has 1 aliphatic rings.